The predicted octanol–water partition coefficient (Wildman–Crippen LogP) is 3.16. The summed E-state index contributed by atoms with van der Waals surface area (Å²) >= 11 is 6.57. The lowest BCUT2D eigenvalue weighted by molar-refractivity contribution is -0.115. The van der Waals surface area contributed by atoms with Crippen LogP contribution < -0.4 is 5.32 Å². The summed E-state index contributed by atoms with van der Waals surface area (Å²) < 4.78 is 0.712. The van der Waals surface area contributed by atoms with Gasteiger partial charge in [0.15, 0.2) is 0 Å². The molecular weight excluding hydrogens is 276 g/mol. The third-order valence-corrected chi connectivity index (χ3v) is 4.43. The first-order valence-electron chi connectivity index (χ1n) is 6.21. The van der Waals surface area contributed by atoms with Crippen molar-refractivity contribution in [2.45, 2.75) is 25.5 Å². The summed E-state index contributed by atoms with van der Waals surface area (Å²) in [6, 6.07) is 7.91. The van der Waals surface area contributed by atoms with E-state index in [2.05, 4.69) is 12.2 Å². The summed E-state index contributed by atoms with van der Waals surface area (Å²) in [5.41, 5.74) is 2.08. The molecule has 19 heavy (non-hydrogen) atoms. The molecule has 1 atom stereocenters. The maximum absolute atomic E-state index is 12.0. The van der Waals surface area contributed by atoms with Gasteiger partial charge < -0.3 is 10.2 Å². The van der Waals surface area contributed by atoms with Crippen LogP contribution in [-0.4, -0.2) is 34.5 Å². The molecule has 0 aliphatic heterocycles. The van der Waals surface area contributed by atoms with Crippen LogP contribution in [0.2, 0.25) is 0 Å². The minimum Gasteiger partial charge on any atom is -0.364 e. The van der Waals surface area contributed by atoms with Gasteiger partial charge in [-0.2, -0.15) is 0 Å². The maximum atomic E-state index is 12.0. The van der Waals surface area contributed by atoms with E-state index < -0.39 is 0 Å². The zero-order chi connectivity index (χ0) is 14.4. The van der Waals surface area contributed by atoms with E-state index in [9.17, 15) is 4.79 Å². The molecule has 0 radical (unpaired) electrons. The molecule has 0 aliphatic carbocycles. The summed E-state index contributed by atoms with van der Waals surface area (Å²) in [5.74, 6) is -0.0292. The SMILES string of the molecule is CCc1ccc(NC(=O)[C@@H](C)SC(=S)N(C)C)cc1. The van der Waals surface area contributed by atoms with Crippen molar-refractivity contribution >= 4 is 39.9 Å². The number of rotatable bonds is 4. The van der Waals surface area contributed by atoms with Gasteiger partial charge in [0, 0.05) is 19.8 Å². The predicted molar refractivity (Wildman–Crippen MR) is 87.8 cm³/mol. The van der Waals surface area contributed by atoms with Crippen LogP contribution in [0.25, 0.3) is 0 Å². The Morgan fingerprint density at radius 3 is 2.42 bits per heavy atom. The zero-order valence-corrected chi connectivity index (χ0v) is 13.4. The largest absolute Gasteiger partial charge is 0.364 e. The summed E-state index contributed by atoms with van der Waals surface area (Å²) in [6.45, 7) is 3.96. The van der Waals surface area contributed by atoms with E-state index in [1.807, 2.05) is 50.2 Å². The first-order valence-corrected chi connectivity index (χ1v) is 7.50. The summed E-state index contributed by atoms with van der Waals surface area (Å²) in [6.07, 6.45) is 0.998. The van der Waals surface area contributed by atoms with Gasteiger partial charge in [0.1, 0.15) is 4.32 Å². The number of carbonyl (C=O) groups excluding carboxylic acids is 1. The molecule has 1 rings (SSSR count). The Morgan fingerprint density at radius 1 is 1.37 bits per heavy atom. The first-order chi connectivity index (χ1) is 8.93. The monoisotopic (exact) mass is 296 g/mol. The molecule has 1 amide bonds. The van der Waals surface area contributed by atoms with Crippen molar-refractivity contribution in [2.75, 3.05) is 19.4 Å². The fourth-order valence-electron chi connectivity index (χ4n) is 1.38. The van der Waals surface area contributed by atoms with Gasteiger partial charge >= 0.3 is 0 Å². The van der Waals surface area contributed by atoms with Crippen LogP contribution in [-0.2, 0) is 11.2 Å². The minimum atomic E-state index is -0.208. The number of hydrogen-bond acceptors (Lipinski definition) is 3. The average molecular weight is 296 g/mol. The molecule has 0 heterocycles. The summed E-state index contributed by atoms with van der Waals surface area (Å²) in [7, 11) is 3.76. The number of nitrogens with one attached hydrogen (secondary N) is 1. The fourth-order valence-corrected chi connectivity index (χ4v) is 2.49. The molecule has 0 fully saturated rings. The second-order valence-corrected chi connectivity index (χ2v) is 6.43. The lowest BCUT2D eigenvalue weighted by Crippen LogP contribution is -2.26. The number of anilines is 1. The highest BCUT2D eigenvalue weighted by atomic mass is 32.2. The highest BCUT2D eigenvalue weighted by molar-refractivity contribution is 8.23. The number of benzene rings is 1. The fraction of sp³-hybridized carbons (Fsp3) is 0.429. The molecule has 104 valence electrons. The highest BCUT2D eigenvalue weighted by Gasteiger charge is 2.16. The van der Waals surface area contributed by atoms with E-state index in [1.165, 1.54) is 17.3 Å². The van der Waals surface area contributed by atoms with Gasteiger partial charge in [-0.05, 0) is 31.0 Å². The van der Waals surface area contributed by atoms with Gasteiger partial charge in [0.25, 0.3) is 0 Å². The average Bonchev–Trinajstić information content (AvgIpc) is 2.39. The standard InChI is InChI=1S/C14H20N2OS2/c1-5-11-6-8-12(9-7-11)15-13(17)10(2)19-14(18)16(3)4/h6-10H,5H2,1-4H3,(H,15,17)/t10-/m1/s1. The number of amides is 1. The third-order valence-electron chi connectivity index (χ3n) is 2.64. The molecule has 1 aromatic rings. The van der Waals surface area contributed by atoms with E-state index in [0.29, 0.717) is 4.32 Å². The van der Waals surface area contributed by atoms with E-state index in [1.54, 1.807) is 0 Å². The van der Waals surface area contributed by atoms with Crippen molar-refractivity contribution in [2.24, 2.45) is 0 Å². The molecule has 0 spiro atoms. The third kappa shape index (κ3) is 5.20. The van der Waals surface area contributed by atoms with Gasteiger partial charge in [0.2, 0.25) is 5.91 Å². The van der Waals surface area contributed by atoms with Crippen LogP contribution in [0.1, 0.15) is 19.4 Å². The van der Waals surface area contributed by atoms with Gasteiger partial charge in [-0.25, -0.2) is 0 Å². The molecule has 0 saturated heterocycles. The Kier molecular flexibility index (Phi) is 6.31. The van der Waals surface area contributed by atoms with Crippen molar-refractivity contribution < 1.29 is 4.79 Å². The number of nitrogens with zero attached hydrogens (tertiary/aromatic N) is 1. The van der Waals surface area contributed by atoms with Gasteiger partial charge in [-0.1, -0.05) is 43.0 Å². The Labute approximate surface area is 124 Å². The smallest absolute Gasteiger partial charge is 0.237 e. The minimum absolute atomic E-state index is 0.0292. The van der Waals surface area contributed by atoms with Crippen molar-refractivity contribution in [3.63, 3.8) is 0 Å². The lowest BCUT2D eigenvalue weighted by Gasteiger charge is -2.17. The van der Waals surface area contributed by atoms with Crippen LogP contribution >= 0.6 is 24.0 Å². The normalized spacial score (nSPS) is 11.8. The Morgan fingerprint density at radius 2 is 1.95 bits per heavy atom. The second-order valence-electron chi connectivity index (χ2n) is 4.46. The van der Waals surface area contributed by atoms with Crippen molar-refractivity contribution in [3.05, 3.63) is 29.8 Å². The quantitative estimate of drug-likeness (QED) is 0.865. The first kappa shape index (κ1) is 16.0. The molecule has 1 N–H and O–H groups in total. The lowest BCUT2D eigenvalue weighted by atomic mass is 10.1. The molecule has 0 unspecified atom stereocenters. The van der Waals surface area contributed by atoms with Crippen LogP contribution in [0.4, 0.5) is 5.69 Å². The van der Waals surface area contributed by atoms with Crippen LogP contribution in [0, 0.1) is 0 Å². The van der Waals surface area contributed by atoms with Gasteiger partial charge in [-0.15, -0.1) is 0 Å². The van der Waals surface area contributed by atoms with E-state index in [4.69, 9.17) is 12.2 Å². The Hall–Kier alpha value is -1.07. The zero-order valence-electron chi connectivity index (χ0n) is 11.8. The van der Waals surface area contributed by atoms with Crippen molar-refractivity contribution in [1.29, 1.82) is 0 Å². The Balaban J connectivity index is 2.55. The molecule has 5 heteroatoms. The van der Waals surface area contributed by atoms with Crippen LogP contribution in [0.5, 0.6) is 0 Å². The van der Waals surface area contributed by atoms with Crippen LogP contribution in [0.15, 0.2) is 24.3 Å². The molecule has 0 aromatic heterocycles. The van der Waals surface area contributed by atoms with E-state index in [-0.39, 0.29) is 11.2 Å². The molecule has 0 bridgehead atoms. The number of aryl methyl sites for hydroxylation is 1. The maximum Gasteiger partial charge on any atom is 0.237 e. The summed E-state index contributed by atoms with van der Waals surface area (Å²) in [4.78, 5) is 13.8. The molecule has 1 aromatic carbocycles. The highest BCUT2D eigenvalue weighted by Crippen LogP contribution is 2.17. The second kappa shape index (κ2) is 7.50. The molecule has 0 aliphatic rings. The number of carbonyl (C=O) groups is 1. The van der Waals surface area contributed by atoms with Crippen molar-refractivity contribution in [3.8, 4) is 0 Å². The van der Waals surface area contributed by atoms with E-state index >= 15 is 0 Å². The van der Waals surface area contributed by atoms with Crippen LogP contribution in [0.3, 0.4) is 0 Å². The van der Waals surface area contributed by atoms with Gasteiger partial charge in [-0.3, -0.25) is 4.79 Å². The summed E-state index contributed by atoms with van der Waals surface area (Å²) in [5, 5.41) is 2.69. The number of hydrogen-bond donors (Lipinski definition) is 1. The molecular formula is C14H20N2OS2. The number of thioether (sulfide) groups is 1. The van der Waals surface area contributed by atoms with E-state index in [0.717, 1.165) is 12.1 Å². The topological polar surface area (TPSA) is 32.3 Å². The molecule has 0 saturated carbocycles. The van der Waals surface area contributed by atoms with Gasteiger partial charge in [0.05, 0.1) is 5.25 Å². The number of thiocarbonyl (C=S) groups is 1. The van der Waals surface area contributed by atoms with Crippen molar-refractivity contribution in [1.82, 2.24) is 4.90 Å². The molecule has 3 nitrogen and oxygen atoms in total. The Bertz CT molecular complexity index is 443.